The van der Waals surface area contributed by atoms with Crippen LogP contribution >= 0.6 is 0 Å². The molecule has 140 valence electrons. The fraction of sp³-hybridized carbons (Fsp3) is 0.381. The van der Waals surface area contributed by atoms with Gasteiger partial charge in [0.1, 0.15) is 23.9 Å². The number of ether oxygens (including phenoxy) is 2. The minimum atomic E-state index is -0.617. The molecule has 5 heteroatoms. The van der Waals surface area contributed by atoms with Gasteiger partial charge in [-0.3, -0.25) is 4.79 Å². The van der Waals surface area contributed by atoms with Crippen molar-refractivity contribution in [3.8, 4) is 11.5 Å². The zero-order chi connectivity index (χ0) is 18.8. The Morgan fingerprint density at radius 3 is 2.31 bits per heavy atom. The van der Waals surface area contributed by atoms with E-state index < -0.39 is 6.10 Å². The molecule has 2 aromatic carbocycles. The van der Waals surface area contributed by atoms with E-state index in [4.69, 9.17) is 9.47 Å². The fourth-order valence-corrected chi connectivity index (χ4v) is 2.50. The van der Waals surface area contributed by atoms with E-state index in [1.54, 1.807) is 0 Å². The van der Waals surface area contributed by atoms with Gasteiger partial charge in [0.25, 0.3) is 5.91 Å². The van der Waals surface area contributed by atoms with Crippen molar-refractivity contribution in [3.63, 3.8) is 0 Å². The second-order valence-electron chi connectivity index (χ2n) is 6.00. The molecule has 0 heterocycles. The zero-order valence-electron chi connectivity index (χ0n) is 15.3. The normalized spacial score (nSPS) is 11.7. The lowest BCUT2D eigenvalue weighted by Gasteiger charge is -2.17. The molecule has 0 spiro atoms. The Morgan fingerprint density at radius 2 is 1.69 bits per heavy atom. The number of benzene rings is 2. The van der Waals surface area contributed by atoms with E-state index in [0.29, 0.717) is 25.3 Å². The van der Waals surface area contributed by atoms with Gasteiger partial charge >= 0.3 is 0 Å². The average molecular weight is 359 g/mol. The van der Waals surface area contributed by atoms with Crippen molar-refractivity contribution < 1.29 is 18.7 Å². The van der Waals surface area contributed by atoms with Gasteiger partial charge in [0.05, 0.1) is 6.54 Å². The number of carbonyl (C=O) groups excluding carboxylic acids is 1. The van der Waals surface area contributed by atoms with Crippen molar-refractivity contribution in [2.75, 3.05) is 13.2 Å². The summed E-state index contributed by atoms with van der Waals surface area (Å²) in [6.07, 6.45) is 2.07. The Balaban J connectivity index is 1.73. The summed E-state index contributed by atoms with van der Waals surface area (Å²) >= 11 is 0. The lowest BCUT2D eigenvalue weighted by Crippen LogP contribution is -2.39. The maximum absolute atomic E-state index is 12.9. The van der Waals surface area contributed by atoms with Crippen molar-refractivity contribution in [1.82, 2.24) is 5.32 Å². The summed E-state index contributed by atoms with van der Waals surface area (Å²) in [7, 11) is 0. The molecule has 1 N–H and O–H groups in total. The molecule has 1 amide bonds. The van der Waals surface area contributed by atoms with Gasteiger partial charge in [-0.25, -0.2) is 4.39 Å². The molecule has 2 rings (SSSR count). The van der Waals surface area contributed by atoms with Gasteiger partial charge in [-0.1, -0.05) is 32.4 Å². The van der Waals surface area contributed by atoms with Crippen LogP contribution in [0.2, 0.25) is 0 Å². The largest absolute Gasteiger partial charge is 0.492 e. The lowest BCUT2D eigenvalue weighted by atomic mass is 10.1. The Kier molecular flexibility index (Phi) is 7.93. The average Bonchev–Trinajstić information content (AvgIpc) is 2.66. The van der Waals surface area contributed by atoms with Crippen LogP contribution in [0, 0.1) is 5.82 Å². The van der Waals surface area contributed by atoms with Crippen LogP contribution in [0.25, 0.3) is 0 Å². The first-order valence-corrected chi connectivity index (χ1v) is 9.04. The third kappa shape index (κ3) is 6.39. The molecule has 4 nitrogen and oxygen atoms in total. The summed E-state index contributed by atoms with van der Waals surface area (Å²) in [4.78, 5) is 12.2. The second-order valence-corrected chi connectivity index (χ2v) is 6.00. The molecule has 0 saturated carbocycles. The first-order chi connectivity index (χ1) is 12.6. The van der Waals surface area contributed by atoms with Gasteiger partial charge in [0, 0.05) is 0 Å². The minimum absolute atomic E-state index is 0.210. The highest BCUT2D eigenvalue weighted by Crippen LogP contribution is 2.15. The van der Waals surface area contributed by atoms with Crippen LogP contribution in [-0.2, 0) is 11.2 Å². The number of rotatable bonds is 10. The predicted octanol–water partition coefficient (Wildman–Crippen LogP) is 4.13. The SMILES string of the molecule is CCCc1ccc(OCCNC(=O)[C@@H](CC)Oc2ccc(F)cc2)cc1. The molecule has 0 aliphatic rings. The van der Waals surface area contributed by atoms with Crippen molar-refractivity contribution in [1.29, 1.82) is 0 Å². The zero-order valence-corrected chi connectivity index (χ0v) is 15.3. The number of halogens is 1. The van der Waals surface area contributed by atoms with E-state index in [-0.39, 0.29) is 11.7 Å². The topological polar surface area (TPSA) is 47.6 Å². The third-order valence-corrected chi connectivity index (χ3v) is 3.89. The number of nitrogens with one attached hydrogen (secondary N) is 1. The molecular weight excluding hydrogens is 333 g/mol. The quantitative estimate of drug-likeness (QED) is 0.649. The van der Waals surface area contributed by atoms with Gasteiger partial charge in [0.15, 0.2) is 6.10 Å². The van der Waals surface area contributed by atoms with Crippen LogP contribution in [0.3, 0.4) is 0 Å². The molecule has 0 bridgehead atoms. The monoisotopic (exact) mass is 359 g/mol. The van der Waals surface area contributed by atoms with E-state index in [0.717, 1.165) is 18.6 Å². The van der Waals surface area contributed by atoms with Gasteiger partial charge in [0.2, 0.25) is 0 Å². The van der Waals surface area contributed by atoms with Crippen LogP contribution in [0.1, 0.15) is 32.3 Å². The molecule has 0 fully saturated rings. The Bertz CT molecular complexity index is 671. The van der Waals surface area contributed by atoms with Crippen LogP contribution in [0.4, 0.5) is 4.39 Å². The summed E-state index contributed by atoms with van der Waals surface area (Å²) in [5.74, 6) is 0.707. The second kappa shape index (κ2) is 10.4. The van der Waals surface area contributed by atoms with Crippen LogP contribution in [0.15, 0.2) is 48.5 Å². The van der Waals surface area contributed by atoms with Gasteiger partial charge in [-0.05, 0) is 54.8 Å². The summed E-state index contributed by atoms with van der Waals surface area (Å²) in [6.45, 7) is 4.78. The predicted molar refractivity (Wildman–Crippen MR) is 100 cm³/mol. The number of carbonyl (C=O) groups is 1. The molecule has 0 radical (unpaired) electrons. The standard InChI is InChI=1S/C21H26FNO3/c1-3-5-16-6-10-18(11-7-16)25-15-14-23-21(24)20(4-2)26-19-12-8-17(22)9-13-19/h6-13,20H,3-5,14-15H2,1-2H3,(H,23,24)/t20-/m1/s1. The molecule has 0 aliphatic carbocycles. The molecule has 26 heavy (non-hydrogen) atoms. The van der Waals surface area contributed by atoms with Gasteiger partial charge in [-0.15, -0.1) is 0 Å². The van der Waals surface area contributed by atoms with Crippen LogP contribution in [0.5, 0.6) is 11.5 Å². The first kappa shape index (κ1) is 19.8. The highest BCUT2D eigenvalue weighted by atomic mass is 19.1. The summed E-state index contributed by atoms with van der Waals surface area (Å²) in [5.41, 5.74) is 1.29. The van der Waals surface area contributed by atoms with Crippen molar-refractivity contribution in [2.45, 2.75) is 39.2 Å². The van der Waals surface area contributed by atoms with Crippen molar-refractivity contribution in [3.05, 3.63) is 59.9 Å². The summed E-state index contributed by atoms with van der Waals surface area (Å²) in [5, 5.41) is 2.80. The smallest absolute Gasteiger partial charge is 0.261 e. The minimum Gasteiger partial charge on any atom is -0.492 e. The molecule has 0 aliphatic heterocycles. The van der Waals surface area contributed by atoms with Crippen LogP contribution < -0.4 is 14.8 Å². The summed E-state index contributed by atoms with van der Waals surface area (Å²) < 4.78 is 24.2. The Morgan fingerprint density at radius 1 is 1.04 bits per heavy atom. The number of aryl methyl sites for hydroxylation is 1. The first-order valence-electron chi connectivity index (χ1n) is 9.04. The van der Waals surface area contributed by atoms with Gasteiger partial charge in [-0.2, -0.15) is 0 Å². The van der Waals surface area contributed by atoms with E-state index in [2.05, 4.69) is 24.4 Å². The number of amides is 1. The van der Waals surface area contributed by atoms with Crippen LogP contribution in [-0.4, -0.2) is 25.2 Å². The number of hydrogen-bond donors (Lipinski definition) is 1. The maximum atomic E-state index is 12.9. The highest BCUT2D eigenvalue weighted by Gasteiger charge is 2.17. The van der Waals surface area contributed by atoms with E-state index >= 15 is 0 Å². The lowest BCUT2D eigenvalue weighted by molar-refractivity contribution is -0.128. The molecular formula is C21H26FNO3. The molecule has 0 unspecified atom stereocenters. The van der Waals surface area contributed by atoms with E-state index in [1.165, 1.54) is 29.8 Å². The molecule has 0 saturated heterocycles. The molecule has 1 atom stereocenters. The Hall–Kier alpha value is -2.56. The van der Waals surface area contributed by atoms with Gasteiger partial charge < -0.3 is 14.8 Å². The third-order valence-electron chi connectivity index (χ3n) is 3.89. The summed E-state index contributed by atoms with van der Waals surface area (Å²) in [6, 6.07) is 13.6. The highest BCUT2D eigenvalue weighted by molar-refractivity contribution is 5.81. The van der Waals surface area contributed by atoms with Crippen molar-refractivity contribution in [2.24, 2.45) is 0 Å². The molecule has 0 aromatic heterocycles. The maximum Gasteiger partial charge on any atom is 0.261 e. The van der Waals surface area contributed by atoms with E-state index in [9.17, 15) is 9.18 Å². The Labute approximate surface area is 154 Å². The van der Waals surface area contributed by atoms with Crippen molar-refractivity contribution >= 4 is 5.91 Å². The fourth-order valence-electron chi connectivity index (χ4n) is 2.50. The van der Waals surface area contributed by atoms with E-state index in [1.807, 2.05) is 19.1 Å². The molecule has 2 aromatic rings. The number of hydrogen-bond acceptors (Lipinski definition) is 3.